The molecule has 1 atom stereocenters. The first kappa shape index (κ1) is 22.7. The number of amides is 1. The number of rotatable bonds is 8. The molecule has 2 aromatic heterocycles. The minimum atomic E-state index is 0.0216. The summed E-state index contributed by atoms with van der Waals surface area (Å²) in [4.78, 5) is 26.2. The summed E-state index contributed by atoms with van der Waals surface area (Å²) < 4.78 is 5.30. The summed E-state index contributed by atoms with van der Waals surface area (Å²) in [6, 6.07) is 15.9. The van der Waals surface area contributed by atoms with Crippen LogP contribution in [-0.4, -0.2) is 52.9 Å². The molecule has 1 amide bonds. The molecule has 3 heterocycles. The summed E-state index contributed by atoms with van der Waals surface area (Å²) in [5.41, 5.74) is 4.01. The third-order valence-corrected chi connectivity index (χ3v) is 5.96. The van der Waals surface area contributed by atoms with Gasteiger partial charge in [-0.1, -0.05) is 18.2 Å². The van der Waals surface area contributed by atoms with Gasteiger partial charge in [0, 0.05) is 19.3 Å². The first-order chi connectivity index (χ1) is 16.0. The van der Waals surface area contributed by atoms with E-state index in [0.29, 0.717) is 13.1 Å². The highest BCUT2D eigenvalue weighted by atomic mass is 16.5. The van der Waals surface area contributed by atoms with Gasteiger partial charge < -0.3 is 15.0 Å². The van der Waals surface area contributed by atoms with Gasteiger partial charge in [-0.2, -0.15) is 0 Å². The Hall–Kier alpha value is -3.45. The number of aryl methyl sites for hydroxylation is 1. The van der Waals surface area contributed by atoms with Crippen LogP contribution in [0.25, 0.3) is 0 Å². The van der Waals surface area contributed by atoms with Crippen molar-refractivity contribution in [3.05, 3.63) is 77.7 Å². The number of ether oxygens (including phenoxy) is 1. The minimum Gasteiger partial charge on any atom is -0.497 e. The minimum absolute atomic E-state index is 0.0216. The van der Waals surface area contributed by atoms with Crippen LogP contribution in [0.5, 0.6) is 5.75 Å². The Labute approximate surface area is 195 Å². The predicted octanol–water partition coefficient (Wildman–Crippen LogP) is 4.33. The van der Waals surface area contributed by atoms with Crippen molar-refractivity contribution in [1.82, 2.24) is 19.8 Å². The molecule has 1 fully saturated rings. The molecule has 0 bridgehead atoms. The molecular formula is C26H31N5O2. The summed E-state index contributed by atoms with van der Waals surface area (Å²) in [6.45, 7) is 3.84. The quantitative estimate of drug-likeness (QED) is 0.556. The van der Waals surface area contributed by atoms with Gasteiger partial charge in [-0.15, -0.1) is 0 Å². The van der Waals surface area contributed by atoms with Gasteiger partial charge in [-0.05, 0) is 68.3 Å². The number of hydrogen-bond donors (Lipinski definition) is 1. The number of anilines is 2. The molecule has 7 nitrogen and oxygen atoms in total. The van der Waals surface area contributed by atoms with Crippen LogP contribution in [0.15, 0.2) is 60.9 Å². The molecule has 7 heteroatoms. The van der Waals surface area contributed by atoms with Gasteiger partial charge in [-0.3, -0.25) is 14.7 Å². The predicted molar refractivity (Wildman–Crippen MR) is 130 cm³/mol. The highest BCUT2D eigenvalue weighted by molar-refractivity contribution is 5.79. The molecule has 0 spiro atoms. The van der Waals surface area contributed by atoms with Crippen molar-refractivity contribution in [2.45, 2.75) is 32.4 Å². The van der Waals surface area contributed by atoms with E-state index in [4.69, 9.17) is 4.74 Å². The maximum atomic E-state index is 13.1. The molecule has 0 aliphatic carbocycles. The Morgan fingerprint density at radius 2 is 2.09 bits per heavy atom. The number of methoxy groups -OCH3 is 1. The summed E-state index contributed by atoms with van der Waals surface area (Å²) >= 11 is 0. The van der Waals surface area contributed by atoms with E-state index in [1.807, 2.05) is 78.5 Å². The Balaban J connectivity index is 1.37. The summed E-state index contributed by atoms with van der Waals surface area (Å²) in [7, 11) is 3.64. The van der Waals surface area contributed by atoms with E-state index in [1.165, 1.54) is 0 Å². The van der Waals surface area contributed by atoms with E-state index in [0.717, 1.165) is 53.5 Å². The van der Waals surface area contributed by atoms with Crippen LogP contribution in [0.1, 0.15) is 35.7 Å². The van der Waals surface area contributed by atoms with Crippen molar-refractivity contribution in [3.63, 3.8) is 0 Å². The Bertz CT molecular complexity index is 1090. The molecule has 1 aliphatic heterocycles. The lowest BCUT2D eigenvalue weighted by Crippen LogP contribution is -2.38. The van der Waals surface area contributed by atoms with Crippen LogP contribution in [0.2, 0.25) is 0 Å². The fourth-order valence-electron chi connectivity index (χ4n) is 4.26. The number of aromatic nitrogens is 2. The summed E-state index contributed by atoms with van der Waals surface area (Å²) in [5, 5.41) is 3.31. The number of nitrogens with one attached hydrogen (secondary N) is 1. The van der Waals surface area contributed by atoms with Crippen molar-refractivity contribution in [1.29, 1.82) is 0 Å². The lowest BCUT2D eigenvalue weighted by molar-refractivity contribution is -0.133. The van der Waals surface area contributed by atoms with Crippen LogP contribution in [0.3, 0.4) is 0 Å². The molecule has 0 radical (unpaired) electrons. The summed E-state index contributed by atoms with van der Waals surface area (Å²) in [5.74, 6) is 1.79. The number of benzene rings is 1. The largest absolute Gasteiger partial charge is 0.497 e. The molecule has 1 N–H and O–H groups in total. The topological polar surface area (TPSA) is 70.6 Å². The van der Waals surface area contributed by atoms with Gasteiger partial charge in [0.25, 0.3) is 0 Å². The summed E-state index contributed by atoms with van der Waals surface area (Å²) in [6.07, 6.45) is 5.51. The maximum absolute atomic E-state index is 13.1. The molecule has 3 aromatic rings. The smallest absolute Gasteiger partial charge is 0.237 e. The fraction of sp³-hybridized carbons (Fsp3) is 0.346. The standard InChI is InChI=1S/C26H31N5O2/c1-19-7-5-13-27-26(19)29-21-11-12-23(28-16-21)24-10-6-14-31(24)25(32)18-30(2)17-20-8-4-9-22(15-20)33-3/h4-5,7-9,11-13,15-16,24H,6,10,14,17-18H2,1-3H3,(H,27,29)/t24-/m0/s1. The second kappa shape index (κ2) is 10.4. The zero-order valence-corrected chi connectivity index (χ0v) is 19.5. The van der Waals surface area contributed by atoms with Crippen molar-refractivity contribution < 1.29 is 9.53 Å². The Morgan fingerprint density at radius 3 is 2.85 bits per heavy atom. The monoisotopic (exact) mass is 445 g/mol. The van der Waals surface area contributed by atoms with Gasteiger partial charge >= 0.3 is 0 Å². The lowest BCUT2D eigenvalue weighted by Gasteiger charge is -2.27. The second-order valence-electron chi connectivity index (χ2n) is 8.53. The van der Waals surface area contributed by atoms with Crippen molar-refractivity contribution >= 4 is 17.4 Å². The molecule has 4 rings (SSSR count). The molecule has 33 heavy (non-hydrogen) atoms. The molecule has 0 unspecified atom stereocenters. The van der Waals surface area contributed by atoms with Crippen molar-refractivity contribution in [2.75, 3.05) is 32.6 Å². The zero-order chi connectivity index (χ0) is 23.2. The molecule has 1 aromatic carbocycles. The fourth-order valence-corrected chi connectivity index (χ4v) is 4.26. The molecule has 1 aliphatic rings. The molecule has 172 valence electrons. The number of likely N-dealkylation sites (N-methyl/N-ethyl adjacent to an activating group) is 1. The first-order valence-corrected chi connectivity index (χ1v) is 11.3. The van der Waals surface area contributed by atoms with E-state index >= 15 is 0 Å². The van der Waals surface area contributed by atoms with Crippen LogP contribution in [0.4, 0.5) is 11.5 Å². The Kier molecular flexibility index (Phi) is 7.19. The lowest BCUT2D eigenvalue weighted by atomic mass is 10.1. The molecular weight excluding hydrogens is 414 g/mol. The number of nitrogens with zero attached hydrogens (tertiary/aromatic N) is 4. The van der Waals surface area contributed by atoms with Crippen LogP contribution >= 0.6 is 0 Å². The van der Waals surface area contributed by atoms with Gasteiger partial charge in [-0.25, -0.2) is 4.98 Å². The second-order valence-corrected chi connectivity index (χ2v) is 8.53. The highest BCUT2D eigenvalue weighted by Crippen LogP contribution is 2.31. The van der Waals surface area contributed by atoms with E-state index in [1.54, 1.807) is 13.3 Å². The van der Waals surface area contributed by atoms with Crippen LogP contribution in [0, 0.1) is 6.92 Å². The highest BCUT2D eigenvalue weighted by Gasteiger charge is 2.31. The normalized spacial score (nSPS) is 15.6. The number of carbonyl (C=O) groups excluding carboxylic acids is 1. The maximum Gasteiger partial charge on any atom is 0.237 e. The zero-order valence-electron chi connectivity index (χ0n) is 19.5. The third-order valence-electron chi connectivity index (χ3n) is 5.96. The van der Waals surface area contributed by atoms with Gasteiger partial charge in [0.05, 0.1) is 37.3 Å². The number of carbonyl (C=O) groups is 1. The molecule has 1 saturated heterocycles. The third kappa shape index (κ3) is 5.68. The SMILES string of the molecule is COc1cccc(CN(C)CC(=O)N2CCC[C@H]2c2ccc(Nc3ncccc3C)cn2)c1. The average molecular weight is 446 g/mol. The first-order valence-electron chi connectivity index (χ1n) is 11.3. The molecule has 0 saturated carbocycles. The van der Waals surface area contributed by atoms with E-state index < -0.39 is 0 Å². The number of likely N-dealkylation sites (tertiary alicyclic amines) is 1. The Morgan fingerprint density at radius 1 is 1.21 bits per heavy atom. The number of pyridine rings is 2. The average Bonchev–Trinajstić information content (AvgIpc) is 3.31. The van der Waals surface area contributed by atoms with Crippen molar-refractivity contribution in [3.8, 4) is 5.75 Å². The van der Waals surface area contributed by atoms with E-state index in [-0.39, 0.29) is 11.9 Å². The van der Waals surface area contributed by atoms with Gasteiger partial charge in [0.2, 0.25) is 5.91 Å². The van der Waals surface area contributed by atoms with E-state index in [9.17, 15) is 4.79 Å². The van der Waals surface area contributed by atoms with Crippen LogP contribution < -0.4 is 10.1 Å². The van der Waals surface area contributed by atoms with Crippen LogP contribution in [-0.2, 0) is 11.3 Å². The van der Waals surface area contributed by atoms with E-state index in [2.05, 4.69) is 15.3 Å². The van der Waals surface area contributed by atoms with Gasteiger partial charge in [0.1, 0.15) is 11.6 Å². The van der Waals surface area contributed by atoms with Gasteiger partial charge in [0.15, 0.2) is 0 Å². The van der Waals surface area contributed by atoms with Crippen molar-refractivity contribution in [2.24, 2.45) is 0 Å². The number of hydrogen-bond acceptors (Lipinski definition) is 6.